The van der Waals surface area contributed by atoms with Crippen LogP contribution in [0.5, 0.6) is 0 Å². The number of rotatable bonds is 2. The van der Waals surface area contributed by atoms with Crippen molar-refractivity contribution in [2.75, 3.05) is 10.6 Å². The van der Waals surface area contributed by atoms with Crippen molar-refractivity contribution in [3.05, 3.63) is 41.2 Å². The van der Waals surface area contributed by atoms with Gasteiger partial charge in [-0.1, -0.05) is 17.7 Å². The number of aryl methyl sites for hydroxylation is 4. The van der Waals surface area contributed by atoms with Gasteiger partial charge in [0.2, 0.25) is 0 Å². The van der Waals surface area contributed by atoms with Crippen molar-refractivity contribution in [3.63, 3.8) is 0 Å². The molecule has 0 atom stereocenters. The molecule has 1 aromatic heterocycles. The van der Waals surface area contributed by atoms with Crippen molar-refractivity contribution in [2.24, 2.45) is 7.05 Å². The quantitative estimate of drug-likeness (QED) is 0.826. The fourth-order valence-corrected chi connectivity index (χ4v) is 2.17. The van der Waals surface area contributed by atoms with Gasteiger partial charge in [0.25, 0.3) is 0 Å². The Kier molecular flexibility index (Phi) is 3.85. The molecule has 4 nitrogen and oxygen atoms in total. The maximum atomic E-state index is 5.32. The summed E-state index contributed by atoms with van der Waals surface area (Å²) in [6, 6.07) is 6.22. The first-order chi connectivity index (χ1) is 8.95. The van der Waals surface area contributed by atoms with Crippen molar-refractivity contribution in [2.45, 2.75) is 20.8 Å². The smallest absolute Gasteiger partial charge is 0.175 e. The molecule has 2 N–H and O–H groups in total. The number of thiocarbonyl (C=S) groups is 1. The van der Waals surface area contributed by atoms with Crippen LogP contribution in [0, 0.1) is 20.8 Å². The summed E-state index contributed by atoms with van der Waals surface area (Å²) >= 11 is 5.32. The molecule has 0 spiro atoms. The van der Waals surface area contributed by atoms with Crippen molar-refractivity contribution < 1.29 is 0 Å². The van der Waals surface area contributed by atoms with E-state index in [0.717, 1.165) is 17.1 Å². The minimum Gasteiger partial charge on any atom is -0.332 e. The normalized spacial score (nSPS) is 10.3. The SMILES string of the molecule is Cc1ccc(NC(=S)Nc2cn(C)nc2C)c(C)c1. The van der Waals surface area contributed by atoms with Gasteiger partial charge < -0.3 is 10.6 Å². The molecule has 0 amide bonds. The summed E-state index contributed by atoms with van der Waals surface area (Å²) < 4.78 is 1.76. The van der Waals surface area contributed by atoms with Gasteiger partial charge in [0.1, 0.15) is 0 Å². The van der Waals surface area contributed by atoms with E-state index in [2.05, 4.69) is 41.7 Å². The number of benzene rings is 1. The molecule has 1 heterocycles. The second-order valence-electron chi connectivity index (χ2n) is 4.70. The van der Waals surface area contributed by atoms with E-state index in [1.54, 1.807) is 4.68 Å². The number of nitrogens with one attached hydrogen (secondary N) is 2. The second kappa shape index (κ2) is 5.40. The molecule has 0 radical (unpaired) electrons. The summed E-state index contributed by atoms with van der Waals surface area (Å²) in [4.78, 5) is 0. The third-order valence-electron chi connectivity index (χ3n) is 2.89. The van der Waals surface area contributed by atoms with Crippen LogP contribution in [-0.2, 0) is 7.05 Å². The summed E-state index contributed by atoms with van der Waals surface area (Å²) in [6.07, 6.45) is 1.91. The molecule has 1 aromatic carbocycles. The van der Waals surface area contributed by atoms with E-state index < -0.39 is 0 Å². The third kappa shape index (κ3) is 3.32. The molecule has 100 valence electrons. The maximum Gasteiger partial charge on any atom is 0.175 e. The molecule has 0 fully saturated rings. The topological polar surface area (TPSA) is 41.9 Å². The lowest BCUT2D eigenvalue weighted by Gasteiger charge is -2.12. The zero-order valence-corrected chi connectivity index (χ0v) is 12.4. The van der Waals surface area contributed by atoms with E-state index in [-0.39, 0.29) is 0 Å². The average molecular weight is 274 g/mol. The van der Waals surface area contributed by atoms with Gasteiger partial charge in [-0.25, -0.2) is 0 Å². The first-order valence-corrected chi connectivity index (χ1v) is 6.52. The van der Waals surface area contributed by atoms with Gasteiger partial charge in [-0.2, -0.15) is 5.10 Å². The lowest BCUT2D eigenvalue weighted by atomic mass is 10.1. The van der Waals surface area contributed by atoms with Crippen molar-refractivity contribution in [3.8, 4) is 0 Å². The molecule has 5 heteroatoms. The molecule has 0 bridgehead atoms. The summed E-state index contributed by atoms with van der Waals surface area (Å²) in [6.45, 7) is 6.09. The molecule has 0 saturated carbocycles. The van der Waals surface area contributed by atoms with E-state index in [1.807, 2.05) is 26.2 Å². The van der Waals surface area contributed by atoms with Crippen LogP contribution in [0.15, 0.2) is 24.4 Å². The van der Waals surface area contributed by atoms with E-state index in [9.17, 15) is 0 Å². The molecular weight excluding hydrogens is 256 g/mol. The fraction of sp³-hybridized carbons (Fsp3) is 0.286. The Hall–Kier alpha value is -1.88. The predicted molar refractivity (Wildman–Crippen MR) is 83.7 cm³/mol. The van der Waals surface area contributed by atoms with Crippen LogP contribution < -0.4 is 10.6 Å². The van der Waals surface area contributed by atoms with E-state index in [4.69, 9.17) is 12.2 Å². The Balaban J connectivity index is 2.07. The maximum absolute atomic E-state index is 5.32. The van der Waals surface area contributed by atoms with Gasteiger partial charge >= 0.3 is 0 Å². The Morgan fingerprint density at radius 3 is 2.42 bits per heavy atom. The highest BCUT2D eigenvalue weighted by Gasteiger charge is 2.06. The summed E-state index contributed by atoms with van der Waals surface area (Å²) in [7, 11) is 1.89. The minimum absolute atomic E-state index is 0.572. The van der Waals surface area contributed by atoms with E-state index >= 15 is 0 Å². The molecule has 0 aliphatic carbocycles. The van der Waals surface area contributed by atoms with Crippen LogP contribution in [0.3, 0.4) is 0 Å². The highest BCUT2D eigenvalue weighted by Crippen LogP contribution is 2.17. The molecule has 0 aliphatic heterocycles. The fourth-order valence-electron chi connectivity index (χ4n) is 1.95. The van der Waals surface area contributed by atoms with Crippen molar-refractivity contribution in [1.29, 1.82) is 0 Å². The lowest BCUT2D eigenvalue weighted by molar-refractivity contribution is 0.756. The predicted octanol–water partition coefficient (Wildman–Crippen LogP) is 3.15. The minimum atomic E-state index is 0.572. The van der Waals surface area contributed by atoms with Gasteiger partial charge in [-0.05, 0) is 44.6 Å². The van der Waals surface area contributed by atoms with Crippen LogP contribution in [-0.4, -0.2) is 14.9 Å². The van der Waals surface area contributed by atoms with E-state index in [0.29, 0.717) is 5.11 Å². The van der Waals surface area contributed by atoms with Gasteiger partial charge in [0.15, 0.2) is 5.11 Å². The highest BCUT2D eigenvalue weighted by molar-refractivity contribution is 7.80. The molecule has 2 aromatic rings. The summed E-state index contributed by atoms with van der Waals surface area (Å²) in [5.41, 5.74) is 5.28. The third-order valence-corrected chi connectivity index (χ3v) is 3.10. The monoisotopic (exact) mass is 274 g/mol. The number of nitrogens with zero attached hydrogens (tertiary/aromatic N) is 2. The summed E-state index contributed by atoms with van der Waals surface area (Å²) in [5.74, 6) is 0. The number of hydrogen-bond acceptors (Lipinski definition) is 2. The van der Waals surface area contributed by atoms with Crippen molar-refractivity contribution in [1.82, 2.24) is 9.78 Å². The van der Waals surface area contributed by atoms with Crippen LogP contribution in [0.4, 0.5) is 11.4 Å². The zero-order chi connectivity index (χ0) is 14.0. The summed E-state index contributed by atoms with van der Waals surface area (Å²) in [5, 5.41) is 11.2. The lowest BCUT2D eigenvalue weighted by Crippen LogP contribution is -2.19. The van der Waals surface area contributed by atoms with Gasteiger partial charge in [0, 0.05) is 18.9 Å². The molecule has 2 rings (SSSR count). The van der Waals surface area contributed by atoms with Gasteiger partial charge in [0.05, 0.1) is 11.4 Å². The number of aromatic nitrogens is 2. The molecule has 0 saturated heterocycles. The number of anilines is 2. The zero-order valence-electron chi connectivity index (χ0n) is 11.6. The van der Waals surface area contributed by atoms with E-state index in [1.165, 1.54) is 11.1 Å². The van der Waals surface area contributed by atoms with Gasteiger partial charge in [-0.15, -0.1) is 0 Å². The van der Waals surface area contributed by atoms with Crippen LogP contribution in [0.25, 0.3) is 0 Å². The molecule has 0 unspecified atom stereocenters. The average Bonchev–Trinajstić information content (AvgIpc) is 2.61. The molecule has 19 heavy (non-hydrogen) atoms. The highest BCUT2D eigenvalue weighted by atomic mass is 32.1. The standard InChI is InChI=1S/C14H18N4S/c1-9-5-6-12(10(2)7-9)15-14(19)16-13-8-18(4)17-11(13)3/h5-8H,1-4H3,(H2,15,16,19). The van der Waals surface area contributed by atoms with Gasteiger partial charge in [-0.3, -0.25) is 4.68 Å². The van der Waals surface area contributed by atoms with Crippen LogP contribution in [0.2, 0.25) is 0 Å². The first-order valence-electron chi connectivity index (χ1n) is 6.11. The van der Waals surface area contributed by atoms with Crippen LogP contribution in [0.1, 0.15) is 16.8 Å². The molecule has 0 aliphatic rings. The Labute approximate surface area is 118 Å². The Bertz CT molecular complexity index is 616. The Morgan fingerprint density at radius 1 is 1.16 bits per heavy atom. The number of hydrogen-bond donors (Lipinski definition) is 2. The largest absolute Gasteiger partial charge is 0.332 e. The van der Waals surface area contributed by atoms with Crippen molar-refractivity contribution >= 4 is 28.7 Å². The Morgan fingerprint density at radius 2 is 1.84 bits per heavy atom. The molecular formula is C14H18N4S. The first kappa shape index (κ1) is 13.5. The van der Waals surface area contributed by atoms with Crippen LogP contribution >= 0.6 is 12.2 Å². The second-order valence-corrected chi connectivity index (χ2v) is 5.11.